The number of hydrogen-bond acceptors (Lipinski definition) is 4. The molecule has 0 saturated carbocycles. The van der Waals surface area contributed by atoms with Gasteiger partial charge in [0.2, 0.25) is 0 Å². The minimum atomic E-state index is -0.570. The average Bonchev–Trinajstić information content (AvgIpc) is 2.82. The topological polar surface area (TPSA) is 72.5 Å². The smallest absolute Gasteiger partial charge is 0.310 e. The van der Waals surface area contributed by atoms with Gasteiger partial charge in [0.15, 0.2) is 0 Å². The van der Waals surface area contributed by atoms with Gasteiger partial charge in [-0.3, -0.25) is 19.7 Å². The average molecular weight is 297 g/mol. The zero-order chi connectivity index (χ0) is 16.1. The Balaban J connectivity index is 1.98. The molecule has 112 valence electrons. The normalized spacial score (nSPS) is 13.4. The van der Waals surface area contributed by atoms with Crippen molar-refractivity contribution in [2.24, 2.45) is 0 Å². The molecule has 0 saturated heterocycles. The Kier molecular flexibility index (Phi) is 4.68. The highest BCUT2D eigenvalue weighted by Gasteiger charge is 2.23. The first-order chi connectivity index (χ1) is 10.5. The number of amides is 2. The second kappa shape index (κ2) is 6.67. The van der Waals surface area contributed by atoms with Crippen LogP contribution in [0.2, 0.25) is 0 Å². The van der Waals surface area contributed by atoms with Gasteiger partial charge in [-0.05, 0) is 22.8 Å². The van der Waals surface area contributed by atoms with Crippen molar-refractivity contribution in [3.8, 4) is 0 Å². The Morgan fingerprint density at radius 3 is 2.59 bits per heavy atom. The van der Waals surface area contributed by atoms with Crippen molar-refractivity contribution >= 4 is 29.9 Å². The summed E-state index contributed by atoms with van der Waals surface area (Å²) in [5.41, 5.74) is 2.70. The molecule has 0 spiro atoms. The molecule has 0 bridgehead atoms. The lowest BCUT2D eigenvalue weighted by Gasteiger charge is -2.09. The maximum atomic E-state index is 11.8. The summed E-state index contributed by atoms with van der Waals surface area (Å²) in [5, 5.41) is 2.08. The third-order valence-electron chi connectivity index (χ3n) is 3.18. The van der Waals surface area contributed by atoms with Crippen molar-refractivity contribution in [3.63, 3.8) is 0 Å². The molecule has 1 N–H and O–H groups in total. The van der Waals surface area contributed by atoms with E-state index in [0.29, 0.717) is 0 Å². The second-order valence-electron chi connectivity index (χ2n) is 4.69. The van der Waals surface area contributed by atoms with E-state index < -0.39 is 17.8 Å². The van der Waals surface area contributed by atoms with Gasteiger partial charge in [0.25, 0.3) is 11.8 Å². The lowest BCUT2D eigenvalue weighted by Crippen LogP contribution is -2.23. The number of rotatable bonds is 6. The van der Waals surface area contributed by atoms with Crippen LogP contribution in [0.1, 0.15) is 23.1 Å². The van der Waals surface area contributed by atoms with Gasteiger partial charge in [0, 0.05) is 11.6 Å². The van der Waals surface area contributed by atoms with E-state index >= 15 is 0 Å². The highest BCUT2D eigenvalue weighted by molar-refractivity contribution is 6.17. The maximum absolute atomic E-state index is 11.8. The SMILES string of the molecule is C=Cc1ccc(COC(=O)CC2=CC(=O)NC2=O)c(C=C)c1. The summed E-state index contributed by atoms with van der Waals surface area (Å²) in [7, 11) is 0. The molecule has 1 aromatic carbocycles. The van der Waals surface area contributed by atoms with Gasteiger partial charge >= 0.3 is 5.97 Å². The molecule has 2 rings (SSSR count). The van der Waals surface area contributed by atoms with Crippen LogP contribution in [-0.2, 0) is 25.7 Å². The molecule has 0 fully saturated rings. The second-order valence-corrected chi connectivity index (χ2v) is 4.69. The third kappa shape index (κ3) is 3.58. The monoisotopic (exact) mass is 297 g/mol. The zero-order valence-electron chi connectivity index (χ0n) is 11.9. The summed E-state index contributed by atoms with van der Waals surface area (Å²) >= 11 is 0. The Morgan fingerprint density at radius 2 is 2.00 bits per heavy atom. The molecule has 5 nitrogen and oxygen atoms in total. The predicted octanol–water partition coefficient (Wildman–Crippen LogP) is 1.99. The van der Waals surface area contributed by atoms with Gasteiger partial charge in [0.1, 0.15) is 6.61 Å². The van der Waals surface area contributed by atoms with Gasteiger partial charge in [-0.1, -0.05) is 37.4 Å². The Bertz CT molecular complexity index is 701. The first-order valence-corrected chi connectivity index (χ1v) is 6.63. The number of benzene rings is 1. The summed E-state index contributed by atoms with van der Waals surface area (Å²) in [5.74, 6) is -1.63. The standard InChI is InChI=1S/C17H15NO4/c1-3-11-5-6-13(12(4-2)7-11)10-22-16(20)9-14-8-15(19)18-17(14)21/h3-8H,1-2,9-10H2,(H,18,19,21). The van der Waals surface area contributed by atoms with Gasteiger partial charge < -0.3 is 4.74 Å². The number of carbonyl (C=O) groups excluding carboxylic acids is 3. The summed E-state index contributed by atoms with van der Waals surface area (Å²) in [6, 6.07) is 5.57. The minimum Gasteiger partial charge on any atom is -0.461 e. The summed E-state index contributed by atoms with van der Waals surface area (Å²) in [6.07, 6.45) is 4.26. The largest absolute Gasteiger partial charge is 0.461 e. The summed E-state index contributed by atoms with van der Waals surface area (Å²) in [6.45, 7) is 7.48. The van der Waals surface area contributed by atoms with Crippen molar-refractivity contribution in [1.82, 2.24) is 5.32 Å². The first kappa shape index (κ1) is 15.4. The molecule has 2 amide bonds. The number of esters is 1. The minimum absolute atomic E-state index is 0.0699. The fourth-order valence-corrected chi connectivity index (χ4v) is 2.01. The molecule has 22 heavy (non-hydrogen) atoms. The lowest BCUT2D eigenvalue weighted by molar-refractivity contribution is -0.144. The third-order valence-corrected chi connectivity index (χ3v) is 3.18. The van der Waals surface area contributed by atoms with E-state index in [1.807, 2.05) is 18.2 Å². The number of imide groups is 1. The highest BCUT2D eigenvalue weighted by Crippen LogP contribution is 2.16. The van der Waals surface area contributed by atoms with Crippen LogP contribution in [0.25, 0.3) is 12.2 Å². The summed E-state index contributed by atoms with van der Waals surface area (Å²) in [4.78, 5) is 34.1. The maximum Gasteiger partial charge on any atom is 0.310 e. The van der Waals surface area contributed by atoms with Crippen LogP contribution in [-0.4, -0.2) is 17.8 Å². The van der Waals surface area contributed by atoms with E-state index in [4.69, 9.17) is 4.74 Å². The van der Waals surface area contributed by atoms with Crippen molar-refractivity contribution < 1.29 is 19.1 Å². The molecule has 0 aliphatic carbocycles. The predicted molar refractivity (Wildman–Crippen MR) is 82.3 cm³/mol. The number of ether oxygens (including phenoxy) is 1. The van der Waals surface area contributed by atoms with Crippen LogP contribution < -0.4 is 5.32 Å². The van der Waals surface area contributed by atoms with Gasteiger partial charge in [0.05, 0.1) is 6.42 Å². The fourth-order valence-electron chi connectivity index (χ4n) is 2.01. The van der Waals surface area contributed by atoms with Crippen LogP contribution in [0, 0.1) is 0 Å². The lowest BCUT2D eigenvalue weighted by atomic mass is 10.0. The zero-order valence-corrected chi connectivity index (χ0v) is 11.9. The molecule has 1 aromatic rings. The molecule has 0 unspecified atom stereocenters. The Hall–Kier alpha value is -2.95. The van der Waals surface area contributed by atoms with E-state index in [0.717, 1.165) is 22.8 Å². The number of nitrogens with one attached hydrogen (secondary N) is 1. The summed E-state index contributed by atoms with van der Waals surface area (Å²) < 4.78 is 5.14. The van der Waals surface area contributed by atoms with E-state index in [-0.39, 0.29) is 18.6 Å². The van der Waals surface area contributed by atoms with E-state index in [2.05, 4.69) is 18.5 Å². The Morgan fingerprint density at radius 1 is 1.23 bits per heavy atom. The van der Waals surface area contributed by atoms with Gasteiger partial charge in [-0.25, -0.2) is 0 Å². The molecule has 1 aliphatic heterocycles. The number of carbonyl (C=O) groups is 3. The highest BCUT2D eigenvalue weighted by atomic mass is 16.5. The van der Waals surface area contributed by atoms with Gasteiger partial charge in [-0.2, -0.15) is 0 Å². The van der Waals surface area contributed by atoms with Crippen molar-refractivity contribution in [2.45, 2.75) is 13.0 Å². The first-order valence-electron chi connectivity index (χ1n) is 6.63. The van der Waals surface area contributed by atoms with Crippen LogP contribution in [0.15, 0.2) is 43.0 Å². The molecule has 1 heterocycles. The van der Waals surface area contributed by atoms with Gasteiger partial charge in [-0.15, -0.1) is 0 Å². The molecular weight excluding hydrogens is 282 g/mol. The molecule has 0 aromatic heterocycles. The molecule has 0 atom stereocenters. The molecule has 0 radical (unpaired) electrons. The quantitative estimate of drug-likeness (QED) is 0.644. The van der Waals surface area contributed by atoms with Crippen LogP contribution in [0.5, 0.6) is 0 Å². The molecule has 5 heteroatoms. The Labute approximate surface area is 128 Å². The molecule has 1 aliphatic rings. The van der Waals surface area contributed by atoms with Crippen LogP contribution in [0.4, 0.5) is 0 Å². The van der Waals surface area contributed by atoms with Crippen molar-refractivity contribution in [1.29, 1.82) is 0 Å². The number of hydrogen-bond donors (Lipinski definition) is 1. The van der Waals surface area contributed by atoms with E-state index in [9.17, 15) is 14.4 Å². The van der Waals surface area contributed by atoms with E-state index in [1.54, 1.807) is 12.2 Å². The van der Waals surface area contributed by atoms with Crippen molar-refractivity contribution in [3.05, 3.63) is 59.7 Å². The van der Waals surface area contributed by atoms with Crippen LogP contribution in [0.3, 0.4) is 0 Å². The molecular formula is C17H15NO4. The van der Waals surface area contributed by atoms with Crippen LogP contribution >= 0.6 is 0 Å². The van der Waals surface area contributed by atoms with E-state index in [1.165, 1.54) is 0 Å². The fraction of sp³-hybridized carbons (Fsp3) is 0.118. The van der Waals surface area contributed by atoms with Crippen molar-refractivity contribution in [2.75, 3.05) is 0 Å².